The lowest BCUT2D eigenvalue weighted by atomic mass is 10.0. The van der Waals surface area contributed by atoms with E-state index in [1.165, 1.54) is 0 Å². The number of anilines is 2. The highest BCUT2D eigenvalue weighted by molar-refractivity contribution is 6.33. The Morgan fingerprint density at radius 2 is 1.03 bits per heavy atom. The van der Waals surface area contributed by atoms with E-state index in [0.29, 0.717) is 66.4 Å². The molecule has 8 heterocycles. The van der Waals surface area contributed by atoms with Gasteiger partial charge in [0.25, 0.3) is 0 Å². The molecule has 0 radical (unpaired) electrons. The van der Waals surface area contributed by atoms with E-state index >= 15 is 0 Å². The highest BCUT2D eigenvalue weighted by Gasteiger charge is 2.21. The highest BCUT2D eigenvalue weighted by Crippen LogP contribution is 2.30. The van der Waals surface area contributed by atoms with E-state index in [1.54, 1.807) is 70.1 Å². The van der Waals surface area contributed by atoms with E-state index in [9.17, 15) is 19.2 Å². The molecule has 0 aliphatic carbocycles. The molecule has 16 heteroatoms. The van der Waals surface area contributed by atoms with E-state index in [-0.39, 0.29) is 49.1 Å². The lowest BCUT2D eigenvalue weighted by Gasteiger charge is -2.35. The Morgan fingerprint density at radius 1 is 0.594 bits per heavy atom. The van der Waals surface area contributed by atoms with Gasteiger partial charge in [0.05, 0.1) is 46.8 Å². The van der Waals surface area contributed by atoms with Crippen molar-refractivity contribution in [1.82, 2.24) is 39.7 Å². The number of amides is 2. The van der Waals surface area contributed by atoms with Crippen molar-refractivity contribution in [2.24, 2.45) is 0 Å². The molecule has 0 spiro atoms. The fourth-order valence-electron chi connectivity index (χ4n) is 8.03. The first-order valence-corrected chi connectivity index (χ1v) is 23.2. The number of halogens is 1. The number of aromatic nitrogens is 6. The lowest BCUT2D eigenvalue weighted by Crippen LogP contribution is -2.48. The molecule has 69 heavy (non-hydrogen) atoms. The summed E-state index contributed by atoms with van der Waals surface area (Å²) < 4.78 is 6.21. The minimum atomic E-state index is 0.0144. The van der Waals surface area contributed by atoms with Crippen LogP contribution in [-0.2, 0) is 44.9 Å². The second kappa shape index (κ2) is 24.5. The Labute approximate surface area is 410 Å². The van der Waals surface area contributed by atoms with Crippen molar-refractivity contribution in [2.75, 3.05) is 62.2 Å². The molecule has 2 aliphatic rings. The Balaban J connectivity index is 0.000000218. The maximum atomic E-state index is 12.7. The van der Waals surface area contributed by atoms with Crippen LogP contribution < -0.4 is 9.80 Å². The van der Waals surface area contributed by atoms with Crippen LogP contribution in [-0.4, -0.2) is 115 Å². The minimum Gasteiger partial charge on any atom is -0.367 e. The third kappa shape index (κ3) is 14.3. The van der Waals surface area contributed by atoms with Crippen LogP contribution in [0, 0.1) is 20.4 Å². The second-order valence-electron chi connectivity index (χ2n) is 16.7. The van der Waals surface area contributed by atoms with Crippen molar-refractivity contribution in [3.8, 4) is 22.5 Å². The number of Topliss-reactive ketones (excluding diaryl/α,β-unsaturated/α-hetero) is 2. The van der Waals surface area contributed by atoms with Gasteiger partial charge < -0.3 is 19.6 Å². The van der Waals surface area contributed by atoms with E-state index in [1.807, 2.05) is 72.2 Å². The molecule has 0 unspecified atom stereocenters. The molecule has 0 saturated carbocycles. The van der Waals surface area contributed by atoms with Crippen LogP contribution in [0.3, 0.4) is 0 Å². The van der Waals surface area contributed by atoms with Crippen molar-refractivity contribution < 1.29 is 20.5 Å². The summed E-state index contributed by atoms with van der Waals surface area (Å²) in [6, 6.07) is 18.8. The van der Waals surface area contributed by atoms with E-state index < -0.39 is 0 Å². The van der Waals surface area contributed by atoms with Gasteiger partial charge in [-0.2, -0.15) is 0 Å². The summed E-state index contributed by atoms with van der Waals surface area (Å²) in [6.07, 6.45) is 11.3. The smallest absolute Gasteiger partial charge is 0.219 e. The topological polar surface area (TPSA) is 163 Å². The number of nitrogens with zero attached hydrogens (tertiary/aromatic N) is 11. The summed E-state index contributed by atoms with van der Waals surface area (Å²) in [7, 11) is 0. The summed E-state index contributed by atoms with van der Waals surface area (Å²) >= 11 is 6.44. The second-order valence-corrected chi connectivity index (χ2v) is 17.1. The minimum absolute atomic E-state index is 0.0144. The van der Waals surface area contributed by atoms with Crippen LogP contribution in [0.2, 0.25) is 5.02 Å². The van der Waals surface area contributed by atoms with Gasteiger partial charge in [0.1, 0.15) is 11.6 Å². The van der Waals surface area contributed by atoms with Crippen LogP contribution >= 0.6 is 11.6 Å². The van der Waals surface area contributed by atoms with Crippen molar-refractivity contribution >= 4 is 52.0 Å². The third-order valence-electron chi connectivity index (χ3n) is 11.6. The molecular formula is C53H58ClN11O4. The van der Waals surface area contributed by atoms with E-state index in [2.05, 4.69) is 44.5 Å². The van der Waals surface area contributed by atoms with Crippen molar-refractivity contribution in [3.05, 3.63) is 148 Å². The van der Waals surface area contributed by atoms with Gasteiger partial charge in [0.2, 0.25) is 17.5 Å². The number of ketones is 2. The summed E-state index contributed by atoms with van der Waals surface area (Å²) in [4.78, 5) is 86.2. The van der Waals surface area contributed by atoms with Crippen LogP contribution in [0.4, 0.5) is 17.1 Å². The number of aryl methyl sites for hydroxylation is 2. The number of rotatable bonds is 12. The number of carbonyl (C=O) groups excluding carboxylic acids is 4. The van der Waals surface area contributed by atoms with Gasteiger partial charge in [0.15, 0.2) is 0 Å². The van der Waals surface area contributed by atoms with Gasteiger partial charge >= 0.3 is 0 Å². The summed E-state index contributed by atoms with van der Waals surface area (Å²) in [6.45, 7) is 22.8. The van der Waals surface area contributed by atoms with Gasteiger partial charge in [-0.3, -0.25) is 49.1 Å². The van der Waals surface area contributed by atoms with Crippen LogP contribution in [0.15, 0.2) is 97.8 Å². The van der Waals surface area contributed by atoms with Gasteiger partial charge in [-0.1, -0.05) is 25.4 Å². The molecule has 8 rings (SSSR count). The van der Waals surface area contributed by atoms with Crippen LogP contribution in [0.1, 0.15) is 62.9 Å². The molecule has 6 aromatic heterocycles. The number of carbonyl (C=O) groups is 4. The fourth-order valence-corrected chi connectivity index (χ4v) is 8.33. The molecule has 6 aromatic rings. The summed E-state index contributed by atoms with van der Waals surface area (Å²) in [5.74, 6) is 0.281. The normalized spacial score (nSPS) is 13.5. The average molecular weight is 951 g/mol. The molecule has 0 bridgehead atoms. The largest absolute Gasteiger partial charge is 0.367 e. The van der Waals surface area contributed by atoms with Crippen molar-refractivity contribution in [3.63, 3.8) is 0 Å². The molecule has 2 saturated heterocycles. The van der Waals surface area contributed by atoms with Crippen LogP contribution in [0.25, 0.3) is 27.4 Å². The number of piperazine rings is 2. The standard InChI is InChI=1S/C26H26N6O2.C25H26ClN5O2.C2H6/c1-18-12-21(6-7-28-18)26-25(27-3)14-20(16-30-26)13-24(34)15-22-4-5-23(17-29-22)32-10-8-31(9-11-32)19(2)33;1-17-11-20(5-6-27-17)25-24(26)13-19(15-29-25)12-23(33)14-21-3-4-22(16-28-21)31-9-7-30(8-10-31)18(2)32;1-2/h4-7,12,14,16-17H,8-11,13,15H2,1-2H3;3-6,11,13,15-16H,7-10,12,14H2,1-2H3;1-2H3/i;;1T. The Hall–Kier alpha value is -7.44. The zero-order valence-electron chi connectivity index (χ0n) is 40.9. The first kappa shape index (κ1) is 49.5. The molecular weight excluding hydrogens is 890 g/mol. The Kier molecular flexibility index (Phi) is 17.6. The molecule has 0 atom stereocenters. The predicted octanol–water partition coefficient (Wildman–Crippen LogP) is 7.97. The van der Waals surface area contributed by atoms with Gasteiger partial charge in [0, 0.05) is 146 Å². The third-order valence-corrected chi connectivity index (χ3v) is 11.9. The molecule has 0 aromatic carbocycles. The maximum absolute atomic E-state index is 12.7. The summed E-state index contributed by atoms with van der Waals surface area (Å²) in [5.41, 5.74) is 10.1. The maximum Gasteiger partial charge on any atom is 0.219 e. The van der Waals surface area contributed by atoms with E-state index in [4.69, 9.17) is 19.5 Å². The molecule has 2 amide bonds. The Bertz CT molecular complexity index is 2810. The van der Waals surface area contributed by atoms with Crippen LogP contribution in [0.5, 0.6) is 0 Å². The Morgan fingerprint density at radius 3 is 1.42 bits per heavy atom. The first-order valence-electron chi connectivity index (χ1n) is 23.5. The predicted molar refractivity (Wildman–Crippen MR) is 269 cm³/mol. The van der Waals surface area contributed by atoms with Gasteiger partial charge in [-0.05, 0) is 91.2 Å². The average Bonchev–Trinajstić information content (AvgIpc) is 3.35. The number of hydrogen-bond donors (Lipinski definition) is 0. The van der Waals surface area contributed by atoms with Crippen molar-refractivity contribution in [2.45, 2.75) is 67.2 Å². The summed E-state index contributed by atoms with van der Waals surface area (Å²) in [5, 5.41) is 0.512. The zero-order valence-corrected chi connectivity index (χ0v) is 40.6. The van der Waals surface area contributed by atoms with Crippen molar-refractivity contribution in [1.29, 1.82) is 0 Å². The molecule has 15 nitrogen and oxygen atoms in total. The number of pyridine rings is 6. The molecule has 0 N–H and O–H groups in total. The quantitative estimate of drug-likeness (QED) is 0.109. The SMILES string of the molecule is CC(=O)N1CCN(c2ccc(CC(=O)Cc3cnc(-c4ccnc(C)c4)c(Cl)c3)nc2)CC1.[3H]CC.[C-]#[N+]c1cc(CC(=O)Cc2ccc(N3CCN(C(C)=O)CC3)cn2)cnc1-c1ccnc(C)c1. The molecule has 356 valence electrons. The van der Waals surface area contributed by atoms with E-state index in [0.717, 1.165) is 71.3 Å². The highest BCUT2D eigenvalue weighted by atomic mass is 35.5. The number of hydrogen-bond acceptors (Lipinski definition) is 12. The zero-order chi connectivity index (χ0) is 50.2. The monoisotopic (exact) mass is 949 g/mol. The van der Waals surface area contributed by atoms with Gasteiger partial charge in [-0.15, -0.1) is 0 Å². The fraction of sp³-hybridized carbons (Fsp3) is 0.340. The van der Waals surface area contributed by atoms with Gasteiger partial charge in [-0.25, -0.2) is 4.85 Å². The molecule has 2 aliphatic heterocycles. The first-order chi connectivity index (χ1) is 33.7. The lowest BCUT2D eigenvalue weighted by molar-refractivity contribution is -0.129. The molecule has 2 fully saturated rings.